The molecule has 7 nitrogen and oxygen atoms in total. The van der Waals surface area contributed by atoms with E-state index in [1.807, 2.05) is 19.9 Å². The average molecular weight is 404 g/mol. The lowest BCUT2D eigenvalue weighted by molar-refractivity contribution is 0.102. The Labute approximate surface area is 165 Å². The van der Waals surface area contributed by atoms with Crippen molar-refractivity contribution in [1.29, 1.82) is 0 Å². The van der Waals surface area contributed by atoms with Crippen LogP contribution in [0.15, 0.2) is 41.3 Å². The first-order valence-electron chi connectivity index (χ1n) is 9.21. The Hall–Kier alpha value is -2.58. The highest BCUT2D eigenvalue weighted by Crippen LogP contribution is 2.38. The van der Waals surface area contributed by atoms with Gasteiger partial charge >= 0.3 is 0 Å². The van der Waals surface area contributed by atoms with Gasteiger partial charge in [0, 0.05) is 30.2 Å². The number of sulfonamides is 1. The fraction of sp³-hybridized carbons (Fsp3) is 0.350. The van der Waals surface area contributed by atoms with Crippen LogP contribution < -0.4 is 19.5 Å². The Morgan fingerprint density at radius 3 is 2.57 bits per heavy atom. The molecule has 3 rings (SSSR count). The first kappa shape index (κ1) is 20.2. The number of hydrogen-bond acceptors (Lipinski definition) is 5. The van der Waals surface area contributed by atoms with Crippen molar-refractivity contribution in [3.05, 3.63) is 47.5 Å². The molecule has 1 aliphatic rings. The third kappa shape index (κ3) is 4.28. The highest BCUT2D eigenvalue weighted by molar-refractivity contribution is 7.89. The monoisotopic (exact) mass is 404 g/mol. The lowest BCUT2D eigenvalue weighted by Gasteiger charge is -2.14. The molecule has 0 fully saturated rings. The number of carbonyl (C=O) groups is 1. The van der Waals surface area contributed by atoms with Crippen LogP contribution >= 0.6 is 0 Å². The van der Waals surface area contributed by atoms with E-state index in [4.69, 9.17) is 9.47 Å². The average Bonchev–Trinajstić information content (AvgIpc) is 3.01. The maximum absolute atomic E-state index is 12.6. The molecule has 0 saturated carbocycles. The third-order valence-electron chi connectivity index (χ3n) is 4.31. The molecule has 2 aromatic carbocycles. The summed E-state index contributed by atoms with van der Waals surface area (Å²) in [6.45, 7) is 6.33. The van der Waals surface area contributed by atoms with E-state index in [1.54, 1.807) is 13.0 Å². The summed E-state index contributed by atoms with van der Waals surface area (Å²) in [6.07, 6.45) is 0.882. The molecule has 1 amide bonds. The maximum Gasteiger partial charge on any atom is 0.255 e. The van der Waals surface area contributed by atoms with Crippen LogP contribution in [0.1, 0.15) is 36.7 Å². The molecule has 28 heavy (non-hydrogen) atoms. The van der Waals surface area contributed by atoms with Crippen LogP contribution in [0.5, 0.6) is 11.5 Å². The van der Waals surface area contributed by atoms with Crippen LogP contribution in [0.3, 0.4) is 0 Å². The predicted molar refractivity (Wildman–Crippen MR) is 107 cm³/mol. The molecule has 0 radical (unpaired) electrons. The summed E-state index contributed by atoms with van der Waals surface area (Å²) in [5.41, 5.74) is 1.91. The van der Waals surface area contributed by atoms with Crippen molar-refractivity contribution >= 4 is 21.6 Å². The van der Waals surface area contributed by atoms with Gasteiger partial charge in [0.25, 0.3) is 5.91 Å². The van der Waals surface area contributed by atoms with Crippen LogP contribution in [0.4, 0.5) is 5.69 Å². The van der Waals surface area contributed by atoms with Crippen molar-refractivity contribution in [3.8, 4) is 11.5 Å². The number of carbonyl (C=O) groups excluding carboxylic acids is 1. The van der Waals surface area contributed by atoms with Gasteiger partial charge in [-0.2, -0.15) is 0 Å². The number of hydrogen-bond donors (Lipinski definition) is 2. The number of anilines is 1. The van der Waals surface area contributed by atoms with Gasteiger partial charge in [0.2, 0.25) is 10.0 Å². The van der Waals surface area contributed by atoms with E-state index in [0.29, 0.717) is 30.2 Å². The summed E-state index contributed by atoms with van der Waals surface area (Å²) < 4.78 is 37.9. The predicted octanol–water partition coefficient (Wildman–Crippen LogP) is 2.96. The molecule has 2 N–H and O–H groups in total. The van der Waals surface area contributed by atoms with Gasteiger partial charge in [-0.1, -0.05) is 6.92 Å². The summed E-state index contributed by atoms with van der Waals surface area (Å²) in [6, 6.07) is 9.43. The Balaban J connectivity index is 1.82. The summed E-state index contributed by atoms with van der Waals surface area (Å²) >= 11 is 0. The van der Waals surface area contributed by atoms with E-state index < -0.39 is 10.0 Å². The third-order valence-corrected chi connectivity index (χ3v) is 5.87. The van der Waals surface area contributed by atoms with Crippen molar-refractivity contribution in [3.63, 3.8) is 0 Å². The van der Waals surface area contributed by atoms with Crippen LogP contribution in [0, 0.1) is 0 Å². The van der Waals surface area contributed by atoms with E-state index in [2.05, 4.69) is 10.0 Å². The van der Waals surface area contributed by atoms with Gasteiger partial charge < -0.3 is 14.8 Å². The second-order valence-electron chi connectivity index (χ2n) is 6.50. The Bertz CT molecular complexity index is 971. The number of fused-ring (bicyclic) bond motifs is 1. The molecule has 1 aliphatic heterocycles. The van der Waals surface area contributed by atoms with Crippen LogP contribution in [0.2, 0.25) is 0 Å². The zero-order valence-corrected chi connectivity index (χ0v) is 16.9. The minimum absolute atomic E-state index is 0.0849. The van der Waals surface area contributed by atoms with Crippen molar-refractivity contribution in [2.24, 2.45) is 0 Å². The second kappa shape index (κ2) is 8.20. The summed E-state index contributed by atoms with van der Waals surface area (Å²) in [7, 11) is -3.56. The van der Waals surface area contributed by atoms with Gasteiger partial charge in [-0.25, -0.2) is 13.1 Å². The van der Waals surface area contributed by atoms with E-state index in [9.17, 15) is 13.2 Å². The Morgan fingerprint density at radius 2 is 1.93 bits per heavy atom. The zero-order valence-electron chi connectivity index (χ0n) is 16.1. The lowest BCUT2D eigenvalue weighted by atomic mass is 10.1. The highest BCUT2D eigenvalue weighted by Gasteiger charge is 2.23. The zero-order chi connectivity index (χ0) is 20.3. The van der Waals surface area contributed by atoms with E-state index in [-0.39, 0.29) is 16.9 Å². The number of amides is 1. The lowest BCUT2D eigenvalue weighted by Crippen LogP contribution is -2.23. The van der Waals surface area contributed by atoms with Crippen LogP contribution in [-0.2, 0) is 16.4 Å². The number of ether oxygens (including phenoxy) is 2. The fourth-order valence-corrected chi connectivity index (χ4v) is 4.11. The molecule has 0 bridgehead atoms. The molecule has 1 atom stereocenters. The van der Waals surface area contributed by atoms with E-state index in [0.717, 1.165) is 17.7 Å². The van der Waals surface area contributed by atoms with Gasteiger partial charge in [0.15, 0.2) is 0 Å². The van der Waals surface area contributed by atoms with E-state index >= 15 is 0 Å². The first-order chi connectivity index (χ1) is 13.3. The molecular weight excluding hydrogens is 380 g/mol. The molecule has 0 aliphatic carbocycles. The fourth-order valence-electron chi connectivity index (χ4n) is 3.07. The Kier molecular flexibility index (Phi) is 5.90. The number of nitrogens with one attached hydrogen (secondary N) is 2. The summed E-state index contributed by atoms with van der Waals surface area (Å²) in [5, 5.41) is 2.83. The molecule has 0 unspecified atom stereocenters. The summed E-state index contributed by atoms with van der Waals surface area (Å²) in [5.74, 6) is 0.955. The largest absolute Gasteiger partial charge is 0.492 e. The highest BCUT2D eigenvalue weighted by atomic mass is 32.2. The second-order valence-corrected chi connectivity index (χ2v) is 8.27. The summed E-state index contributed by atoms with van der Waals surface area (Å²) in [4.78, 5) is 12.8. The van der Waals surface area contributed by atoms with Crippen molar-refractivity contribution < 1.29 is 22.7 Å². The van der Waals surface area contributed by atoms with Gasteiger partial charge in [-0.05, 0) is 44.2 Å². The van der Waals surface area contributed by atoms with Gasteiger partial charge in [-0.15, -0.1) is 0 Å². The molecule has 8 heteroatoms. The molecule has 1 heterocycles. The minimum atomic E-state index is -3.56. The normalized spacial score (nSPS) is 15.6. The minimum Gasteiger partial charge on any atom is -0.492 e. The van der Waals surface area contributed by atoms with Gasteiger partial charge in [-0.3, -0.25) is 4.79 Å². The van der Waals surface area contributed by atoms with Crippen molar-refractivity contribution in [1.82, 2.24) is 4.72 Å². The molecule has 0 saturated heterocycles. The van der Waals surface area contributed by atoms with Crippen LogP contribution in [-0.4, -0.2) is 33.6 Å². The first-order valence-corrected chi connectivity index (χ1v) is 10.7. The number of rotatable bonds is 7. The molecule has 0 aromatic heterocycles. The number of benzene rings is 2. The molecule has 150 valence electrons. The molecular formula is C20H24N2O5S. The SMILES string of the molecule is CCNS(=O)(=O)c1ccc(C(=O)Nc2cc3c(cc2OCC)C[C@H](C)O3)cc1. The van der Waals surface area contributed by atoms with Crippen LogP contribution in [0.25, 0.3) is 0 Å². The van der Waals surface area contributed by atoms with Crippen molar-refractivity contribution in [2.75, 3.05) is 18.5 Å². The Morgan fingerprint density at radius 1 is 1.21 bits per heavy atom. The van der Waals surface area contributed by atoms with Crippen molar-refractivity contribution in [2.45, 2.75) is 38.2 Å². The standard InChI is InChI=1S/C20H24N2O5S/c1-4-21-28(24,25)16-8-6-14(7-9-16)20(23)22-17-12-18-15(10-13(3)27-18)11-19(17)26-5-2/h6-9,11-13,21H,4-5,10H2,1-3H3,(H,22,23)/t13-/m0/s1. The maximum atomic E-state index is 12.6. The molecule has 0 spiro atoms. The van der Waals surface area contributed by atoms with E-state index in [1.165, 1.54) is 24.3 Å². The smallest absolute Gasteiger partial charge is 0.255 e. The topological polar surface area (TPSA) is 93.7 Å². The molecule has 2 aromatic rings. The quantitative estimate of drug-likeness (QED) is 0.740. The van der Waals surface area contributed by atoms with Gasteiger partial charge in [0.1, 0.15) is 17.6 Å². The van der Waals surface area contributed by atoms with Gasteiger partial charge in [0.05, 0.1) is 17.2 Å².